The van der Waals surface area contributed by atoms with E-state index in [1.165, 1.54) is 0 Å². The molecule has 0 aliphatic rings. The Morgan fingerprint density at radius 3 is 1.57 bits per heavy atom. The molecule has 0 saturated heterocycles. The lowest BCUT2D eigenvalue weighted by molar-refractivity contribution is 0.100. The van der Waals surface area contributed by atoms with Crippen molar-refractivity contribution in [3.05, 3.63) is 151 Å². The smallest absolute Gasteiger partial charge is 0.326 e. The van der Waals surface area contributed by atoms with Gasteiger partial charge in [-0.3, -0.25) is 13.9 Å². The molecule has 0 spiro atoms. The number of primary amides is 1. The molecule has 0 aliphatic heterocycles. The van der Waals surface area contributed by atoms with Crippen molar-refractivity contribution in [2.75, 3.05) is 0 Å². The molecule has 268 valence electrons. The fourth-order valence-electron chi connectivity index (χ4n) is 6.86. The predicted molar refractivity (Wildman–Crippen MR) is 203 cm³/mol. The van der Waals surface area contributed by atoms with Crippen molar-refractivity contribution in [2.24, 2.45) is 11.5 Å². The largest absolute Gasteiger partial charge is 0.366 e. The summed E-state index contributed by atoms with van der Waals surface area (Å²) in [6.45, 7) is 8.63. The van der Waals surface area contributed by atoms with E-state index < -0.39 is 5.91 Å². The molecule has 4 heterocycles. The predicted octanol–water partition coefficient (Wildman–Crippen LogP) is 5.86. The van der Waals surface area contributed by atoms with Crippen molar-refractivity contribution in [1.82, 2.24) is 29.4 Å². The first kappa shape index (κ1) is 34.7. The maximum atomic E-state index is 12.6. The standard InChI is InChI=1S/C20H18N4O3.C20H20N4O2/c1-11-17(12(2)27-23-11)14-8-15(19(21)25)18-16(9-14)24(20(26)22-18)10-13-6-4-3-5-7-13;1-12-18(13(2)26-23-12)15-8-16(10-21)19-17(9-15)24(20(25)22-19)11-14-6-4-3-5-7-14/h3-9H,10H2,1-2H3,(H2,21,25)(H,22,26);3-9H,10-11,21H2,1-2H3,(H,22,25). The maximum absolute atomic E-state index is 12.6. The Labute approximate surface area is 302 Å². The molecule has 53 heavy (non-hydrogen) atoms. The van der Waals surface area contributed by atoms with Gasteiger partial charge in [-0.15, -0.1) is 0 Å². The van der Waals surface area contributed by atoms with Gasteiger partial charge in [0.25, 0.3) is 5.91 Å². The third-order valence-electron chi connectivity index (χ3n) is 9.35. The van der Waals surface area contributed by atoms with Gasteiger partial charge in [-0.2, -0.15) is 0 Å². The van der Waals surface area contributed by atoms with Crippen LogP contribution < -0.4 is 22.8 Å². The van der Waals surface area contributed by atoms with E-state index in [2.05, 4.69) is 20.3 Å². The molecule has 13 heteroatoms. The maximum Gasteiger partial charge on any atom is 0.326 e. The van der Waals surface area contributed by atoms with E-state index in [1.54, 1.807) is 22.1 Å². The summed E-state index contributed by atoms with van der Waals surface area (Å²) >= 11 is 0. The van der Waals surface area contributed by atoms with Crippen LogP contribution in [0.2, 0.25) is 0 Å². The molecule has 0 aliphatic carbocycles. The highest BCUT2D eigenvalue weighted by atomic mass is 16.5. The summed E-state index contributed by atoms with van der Waals surface area (Å²) in [6, 6.07) is 27.1. The molecule has 4 aromatic heterocycles. The van der Waals surface area contributed by atoms with Crippen LogP contribution >= 0.6 is 0 Å². The van der Waals surface area contributed by atoms with Crippen molar-refractivity contribution in [3.63, 3.8) is 0 Å². The molecule has 0 fully saturated rings. The molecule has 0 bridgehead atoms. The van der Waals surface area contributed by atoms with Crippen LogP contribution in [0.25, 0.3) is 44.3 Å². The summed E-state index contributed by atoms with van der Waals surface area (Å²) in [5, 5.41) is 8.02. The van der Waals surface area contributed by atoms with Crippen LogP contribution in [0.1, 0.15) is 50.0 Å². The van der Waals surface area contributed by atoms with Crippen LogP contribution in [0.4, 0.5) is 0 Å². The first-order chi connectivity index (χ1) is 25.5. The van der Waals surface area contributed by atoms with Crippen molar-refractivity contribution in [2.45, 2.75) is 47.3 Å². The average Bonchev–Trinajstić information content (AvgIpc) is 3.87. The minimum atomic E-state index is -0.610. The minimum absolute atomic E-state index is 0.144. The van der Waals surface area contributed by atoms with Gasteiger partial charge in [0.2, 0.25) is 0 Å². The molecule has 0 radical (unpaired) electrons. The van der Waals surface area contributed by atoms with E-state index in [4.69, 9.17) is 20.5 Å². The van der Waals surface area contributed by atoms with Gasteiger partial charge in [-0.25, -0.2) is 9.59 Å². The van der Waals surface area contributed by atoms with Crippen LogP contribution in [0.5, 0.6) is 0 Å². The number of nitrogens with zero attached hydrogens (tertiary/aromatic N) is 4. The number of hydrogen-bond acceptors (Lipinski definition) is 8. The Morgan fingerprint density at radius 1 is 0.679 bits per heavy atom. The second kappa shape index (κ2) is 14.1. The van der Waals surface area contributed by atoms with E-state index >= 15 is 0 Å². The monoisotopic (exact) mass is 710 g/mol. The number of carbonyl (C=O) groups excluding carboxylic acids is 1. The minimum Gasteiger partial charge on any atom is -0.366 e. The SMILES string of the molecule is Cc1noc(C)c1-c1cc(C(N)=O)c2[nH]c(=O)n(Cc3ccccc3)c2c1.Cc1noc(C)c1-c1cc(CN)c2[nH]c(=O)n(Cc3ccccc3)c2c1. The molecule has 8 aromatic rings. The summed E-state index contributed by atoms with van der Waals surface area (Å²) in [4.78, 5) is 42.9. The van der Waals surface area contributed by atoms with Gasteiger partial charge in [0.05, 0.1) is 52.1 Å². The molecule has 0 saturated carbocycles. The number of amides is 1. The lowest BCUT2D eigenvalue weighted by Crippen LogP contribution is -2.17. The topological polar surface area (TPSA) is 197 Å². The second-order valence-electron chi connectivity index (χ2n) is 12.9. The Balaban J connectivity index is 0.000000164. The van der Waals surface area contributed by atoms with Crippen LogP contribution in [-0.2, 0) is 19.6 Å². The highest BCUT2D eigenvalue weighted by Gasteiger charge is 2.20. The van der Waals surface area contributed by atoms with E-state index in [0.29, 0.717) is 42.1 Å². The zero-order chi connectivity index (χ0) is 37.4. The van der Waals surface area contributed by atoms with Crippen LogP contribution in [0.3, 0.4) is 0 Å². The van der Waals surface area contributed by atoms with Crippen molar-refractivity contribution in [3.8, 4) is 22.3 Å². The van der Waals surface area contributed by atoms with Gasteiger partial charge >= 0.3 is 11.4 Å². The first-order valence-electron chi connectivity index (χ1n) is 17.0. The quantitative estimate of drug-likeness (QED) is 0.150. The highest BCUT2D eigenvalue weighted by Crippen LogP contribution is 2.32. The second-order valence-corrected chi connectivity index (χ2v) is 12.9. The zero-order valence-electron chi connectivity index (χ0n) is 29.7. The third-order valence-corrected chi connectivity index (χ3v) is 9.35. The number of nitrogens with one attached hydrogen (secondary N) is 2. The van der Waals surface area contributed by atoms with E-state index in [1.807, 2.05) is 99.6 Å². The van der Waals surface area contributed by atoms with Crippen LogP contribution in [-0.4, -0.2) is 35.3 Å². The van der Waals surface area contributed by atoms with E-state index in [9.17, 15) is 14.4 Å². The summed E-state index contributed by atoms with van der Waals surface area (Å²) in [7, 11) is 0. The number of rotatable bonds is 8. The number of fused-ring (bicyclic) bond motifs is 2. The molecular formula is C40H38N8O5. The Morgan fingerprint density at radius 2 is 1.13 bits per heavy atom. The molecular weight excluding hydrogens is 672 g/mol. The number of hydrogen-bond donors (Lipinski definition) is 4. The zero-order valence-corrected chi connectivity index (χ0v) is 29.7. The first-order valence-corrected chi connectivity index (χ1v) is 17.0. The molecule has 0 atom stereocenters. The molecule has 0 unspecified atom stereocenters. The number of aromatic amines is 2. The number of aryl methyl sites for hydroxylation is 4. The number of nitrogens with two attached hydrogens (primary N) is 2. The van der Waals surface area contributed by atoms with Gasteiger partial charge in [-0.05, 0) is 79.8 Å². The Hall–Kier alpha value is -6.73. The van der Waals surface area contributed by atoms with Crippen molar-refractivity contribution < 1.29 is 13.8 Å². The number of aromatic nitrogens is 6. The summed E-state index contributed by atoms with van der Waals surface area (Å²) in [6.07, 6.45) is 0. The highest BCUT2D eigenvalue weighted by molar-refractivity contribution is 6.06. The van der Waals surface area contributed by atoms with Gasteiger partial charge in [0.15, 0.2) is 0 Å². The molecule has 13 nitrogen and oxygen atoms in total. The lowest BCUT2D eigenvalue weighted by atomic mass is 10.00. The third kappa shape index (κ3) is 6.61. The summed E-state index contributed by atoms with van der Waals surface area (Å²) < 4.78 is 13.9. The van der Waals surface area contributed by atoms with Crippen molar-refractivity contribution >= 4 is 28.0 Å². The van der Waals surface area contributed by atoms with Crippen molar-refractivity contribution in [1.29, 1.82) is 0 Å². The number of imidazole rings is 2. The van der Waals surface area contributed by atoms with E-state index in [0.717, 1.165) is 61.4 Å². The fraction of sp³-hybridized carbons (Fsp3) is 0.175. The number of carbonyl (C=O) groups is 1. The molecule has 6 N–H and O–H groups in total. The van der Waals surface area contributed by atoms with Gasteiger partial charge in [-0.1, -0.05) is 71.0 Å². The Kier molecular flexibility index (Phi) is 9.25. The lowest BCUT2D eigenvalue weighted by Gasteiger charge is -2.08. The summed E-state index contributed by atoms with van der Waals surface area (Å²) in [5.74, 6) is 0.772. The van der Waals surface area contributed by atoms with Gasteiger partial charge in [0.1, 0.15) is 11.5 Å². The Bertz CT molecular complexity index is 2690. The molecule has 1 amide bonds. The van der Waals surface area contributed by atoms with Gasteiger partial charge in [0, 0.05) is 17.7 Å². The molecule has 8 rings (SSSR count). The van der Waals surface area contributed by atoms with E-state index in [-0.39, 0.29) is 16.9 Å². The number of H-pyrrole nitrogens is 2. The average molecular weight is 711 g/mol. The van der Waals surface area contributed by atoms with Crippen LogP contribution in [0, 0.1) is 27.7 Å². The summed E-state index contributed by atoms with van der Waals surface area (Å²) in [5.41, 5.74) is 21.9. The normalized spacial score (nSPS) is 11.3. The van der Waals surface area contributed by atoms with Crippen LogP contribution in [0.15, 0.2) is 104 Å². The van der Waals surface area contributed by atoms with Gasteiger partial charge < -0.3 is 30.5 Å². The number of benzene rings is 4. The fourth-order valence-corrected chi connectivity index (χ4v) is 6.86. The molecule has 4 aromatic carbocycles.